The van der Waals surface area contributed by atoms with Crippen molar-refractivity contribution in [1.82, 2.24) is 23.7 Å². The summed E-state index contributed by atoms with van der Waals surface area (Å²) in [5.74, 6) is 0.701. The number of benzene rings is 6. The Hall–Kier alpha value is -6.72. The van der Waals surface area contributed by atoms with Crippen LogP contribution in [0.3, 0.4) is 0 Å². The summed E-state index contributed by atoms with van der Waals surface area (Å²) in [5.41, 5.74) is 13.1. The second-order valence-electron chi connectivity index (χ2n) is 13.2. The quantitative estimate of drug-likeness (QED) is 0.185. The first-order chi connectivity index (χ1) is 25.2. The van der Waals surface area contributed by atoms with E-state index in [1.165, 1.54) is 38.3 Å². The van der Waals surface area contributed by atoms with E-state index in [9.17, 15) is 0 Å². The van der Waals surface area contributed by atoms with Crippen molar-refractivity contribution in [2.45, 2.75) is 13.8 Å². The normalized spacial score (nSPS) is 11.7. The first-order valence-electron chi connectivity index (χ1n) is 17.4. The van der Waals surface area contributed by atoms with Crippen LogP contribution in [-0.2, 0) is 0 Å². The number of hydrogen-bond acceptors (Lipinski definition) is 2. The highest BCUT2D eigenvalue weighted by atomic mass is 15.1. The van der Waals surface area contributed by atoms with Gasteiger partial charge in [0, 0.05) is 61.6 Å². The van der Waals surface area contributed by atoms with E-state index in [2.05, 4.69) is 185 Å². The Morgan fingerprint density at radius 2 is 1.10 bits per heavy atom. The first kappa shape index (κ1) is 29.2. The molecule has 10 aromatic rings. The lowest BCUT2D eigenvalue weighted by atomic mass is 10.1. The molecule has 4 aromatic heterocycles. The Morgan fingerprint density at radius 1 is 0.451 bits per heavy atom. The summed E-state index contributed by atoms with van der Waals surface area (Å²) in [4.78, 5) is 10.6. The number of aryl methyl sites for hydroxylation is 1. The third kappa shape index (κ3) is 4.48. The number of fused-ring (bicyclic) bond motifs is 6. The fraction of sp³-hybridized carbons (Fsp3) is 0.0435. The van der Waals surface area contributed by atoms with Crippen LogP contribution in [0.25, 0.3) is 83.4 Å². The topological polar surface area (TPSA) is 40.6 Å². The lowest BCUT2D eigenvalue weighted by Crippen LogP contribution is -2.01. The van der Waals surface area contributed by atoms with Gasteiger partial charge in [0.1, 0.15) is 5.65 Å². The number of rotatable bonds is 5. The highest BCUT2D eigenvalue weighted by Gasteiger charge is 2.22. The van der Waals surface area contributed by atoms with Gasteiger partial charge in [-0.3, -0.25) is 4.57 Å². The number of hydrogen-bond donors (Lipinski definition) is 0. The number of nitrogens with zero attached hydrogens (tertiary/aromatic N) is 5. The van der Waals surface area contributed by atoms with Crippen LogP contribution in [-0.4, -0.2) is 23.7 Å². The predicted molar refractivity (Wildman–Crippen MR) is 210 cm³/mol. The minimum atomic E-state index is 0.701. The lowest BCUT2D eigenvalue weighted by molar-refractivity contribution is 1.02. The monoisotopic (exact) mass is 655 g/mol. The molecule has 51 heavy (non-hydrogen) atoms. The van der Waals surface area contributed by atoms with Gasteiger partial charge in [0.2, 0.25) is 0 Å². The van der Waals surface area contributed by atoms with Crippen molar-refractivity contribution in [2.24, 2.45) is 0 Å². The van der Waals surface area contributed by atoms with Crippen LogP contribution in [0.4, 0.5) is 0 Å². The molecule has 0 fully saturated rings. The minimum absolute atomic E-state index is 0.701. The zero-order valence-corrected chi connectivity index (χ0v) is 28.3. The molecular weight excluding hydrogens is 623 g/mol. The molecule has 0 atom stereocenters. The fourth-order valence-corrected chi connectivity index (χ4v) is 7.81. The van der Waals surface area contributed by atoms with E-state index < -0.39 is 0 Å². The van der Waals surface area contributed by atoms with E-state index in [1.54, 1.807) is 0 Å². The van der Waals surface area contributed by atoms with E-state index in [0.29, 0.717) is 5.82 Å². The summed E-state index contributed by atoms with van der Waals surface area (Å²) in [5, 5.41) is 4.77. The molecule has 5 heteroatoms. The smallest absolute Gasteiger partial charge is 0.162 e. The zero-order valence-electron chi connectivity index (χ0n) is 28.3. The van der Waals surface area contributed by atoms with Gasteiger partial charge in [-0.1, -0.05) is 91.0 Å². The molecule has 0 radical (unpaired) electrons. The number of aromatic nitrogens is 5. The highest BCUT2D eigenvalue weighted by molar-refractivity contribution is 6.18. The second kappa shape index (κ2) is 11.4. The Bertz CT molecular complexity index is 2900. The van der Waals surface area contributed by atoms with Crippen molar-refractivity contribution in [3.05, 3.63) is 175 Å². The fourth-order valence-electron chi connectivity index (χ4n) is 7.81. The maximum atomic E-state index is 5.30. The molecule has 5 nitrogen and oxygen atoms in total. The van der Waals surface area contributed by atoms with Gasteiger partial charge in [0.15, 0.2) is 5.82 Å². The van der Waals surface area contributed by atoms with Crippen LogP contribution in [0.5, 0.6) is 0 Å². The standard InChI is InChI=1S/C46H33N5/c1-30-31(2)50(35-18-10-5-11-19-35)46-42(30)43(32-14-6-3-7-15-32)47-45(48-46)33-22-24-36(25-23-33)51-41-21-13-12-20-37(41)38-26-27-40-39(44(38)51)28-29-49(40)34-16-8-4-9-17-34/h3-29H,1-2H3. The molecule has 6 aromatic carbocycles. The van der Waals surface area contributed by atoms with Crippen LogP contribution in [0.15, 0.2) is 164 Å². The maximum absolute atomic E-state index is 5.30. The van der Waals surface area contributed by atoms with Gasteiger partial charge in [-0.05, 0) is 86.1 Å². The Balaban J connectivity index is 1.17. The SMILES string of the molecule is Cc1c(C)n(-c2ccccc2)c2nc(-c3ccc(-n4c5ccccc5c5ccc6c(ccn6-c6ccccc6)c54)cc3)nc(-c3ccccc3)c12. The molecule has 242 valence electrons. The molecule has 0 spiro atoms. The van der Waals surface area contributed by atoms with E-state index in [1.807, 2.05) is 6.07 Å². The third-order valence-electron chi connectivity index (χ3n) is 10.3. The molecule has 0 amide bonds. The van der Waals surface area contributed by atoms with Crippen molar-refractivity contribution < 1.29 is 0 Å². The summed E-state index contributed by atoms with van der Waals surface area (Å²) in [6.07, 6.45) is 2.18. The second-order valence-corrected chi connectivity index (χ2v) is 13.2. The van der Waals surface area contributed by atoms with Gasteiger partial charge < -0.3 is 9.13 Å². The van der Waals surface area contributed by atoms with Crippen LogP contribution < -0.4 is 0 Å². The largest absolute Gasteiger partial charge is 0.316 e. The van der Waals surface area contributed by atoms with Gasteiger partial charge >= 0.3 is 0 Å². The predicted octanol–water partition coefficient (Wildman–Crippen LogP) is 11.4. The van der Waals surface area contributed by atoms with Crippen molar-refractivity contribution >= 4 is 43.7 Å². The van der Waals surface area contributed by atoms with Gasteiger partial charge in [0.05, 0.1) is 22.2 Å². The van der Waals surface area contributed by atoms with Gasteiger partial charge in [-0.25, -0.2) is 9.97 Å². The molecule has 0 N–H and O–H groups in total. The molecule has 0 saturated heterocycles. The molecule has 0 aliphatic heterocycles. The van der Waals surface area contributed by atoms with Crippen LogP contribution in [0, 0.1) is 13.8 Å². The van der Waals surface area contributed by atoms with Gasteiger partial charge in [-0.2, -0.15) is 0 Å². The molecule has 4 heterocycles. The number of para-hydroxylation sites is 3. The summed E-state index contributed by atoms with van der Waals surface area (Å²) < 4.78 is 6.94. The zero-order chi connectivity index (χ0) is 34.1. The van der Waals surface area contributed by atoms with Crippen molar-refractivity contribution in [3.63, 3.8) is 0 Å². The van der Waals surface area contributed by atoms with Gasteiger partial charge in [0.25, 0.3) is 0 Å². The lowest BCUT2D eigenvalue weighted by Gasteiger charge is -2.12. The summed E-state index contributed by atoms with van der Waals surface area (Å²) >= 11 is 0. The molecule has 0 aliphatic carbocycles. The maximum Gasteiger partial charge on any atom is 0.162 e. The summed E-state index contributed by atoms with van der Waals surface area (Å²) in [6, 6.07) is 55.7. The average molecular weight is 656 g/mol. The third-order valence-corrected chi connectivity index (χ3v) is 10.3. The van der Waals surface area contributed by atoms with E-state index in [4.69, 9.17) is 9.97 Å². The molecule has 10 rings (SSSR count). The van der Waals surface area contributed by atoms with Gasteiger partial charge in [-0.15, -0.1) is 0 Å². The Morgan fingerprint density at radius 3 is 1.84 bits per heavy atom. The summed E-state index contributed by atoms with van der Waals surface area (Å²) in [6.45, 7) is 4.35. The molecule has 0 aliphatic rings. The van der Waals surface area contributed by atoms with Crippen LogP contribution in [0.1, 0.15) is 11.3 Å². The molecule has 0 bridgehead atoms. The molecular formula is C46H33N5. The Labute approximate surface area is 295 Å². The summed E-state index contributed by atoms with van der Waals surface area (Å²) in [7, 11) is 0. The molecule has 0 saturated carbocycles. The van der Waals surface area contributed by atoms with Crippen molar-refractivity contribution in [1.29, 1.82) is 0 Å². The first-order valence-corrected chi connectivity index (χ1v) is 17.4. The van der Waals surface area contributed by atoms with E-state index in [-0.39, 0.29) is 0 Å². The van der Waals surface area contributed by atoms with E-state index >= 15 is 0 Å². The van der Waals surface area contributed by atoms with Crippen molar-refractivity contribution in [2.75, 3.05) is 0 Å². The van der Waals surface area contributed by atoms with Crippen LogP contribution in [0.2, 0.25) is 0 Å². The van der Waals surface area contributed by atoms with Crippen molar-refractivity contribution in [3.8, 4) is 39.7 Å². The average Bonchev–Trinajstić information content (AvgIpc) is 3.85. The van der Waals surface area contributed by atoms with Crippen LogP contribution >= 0.6 is 0 Å². The minimum Gasteiger partial charge on any atom is -0.316 e. The highest BCUT2D eigenvalue weighted by Crippen LogP contribution is 2.39. The van der Waals surface area contributed by atoms with E-state index in [0.717, 1.165) is 50.6 Å². The molecule has 0 unspecified atom stereocenters. The Kier molecular flexibility index (Phi) is 6.55.